The van der Waals surface area contributed by atoms with Crippen molar-refractivity contribution in [2.24, 2.45) is 0 Å². The van der Waals surface area contributed by atoms with Crippen LogP contribution >= 0.6 is 0 Å². The molecule has 0 heterocycles. The maximum Gasteiger partial charge on any atom is 0.161 e. The third-order valence-electron chi connectivity index (χ3n) is 1.24. The summed E-state index contributed by atoms with van der Waals surface area (Å²) in [5.41, 5.74) is 1.09. The molecule has 0 fully saturated rings. The lowest BCUT2D eigenvalue weighted by Crippen LogP contribution is -2.00. The summed E-state index contributed by atoms with van der Waals surface area (Å²) in [4.78, 5) is 0. The fraction of sp³-hybridized carbons (Fsp3) is 0.750. The molecular weight excluding hydrogens is 156 g/mol. The first kappa shape index (κ1) is 10.9. The van der Waals surface area contributed by atoms with Crippen molar-refractivity contribution in [1.29, 1.82) is 0 Å². The molecule has 0 aliphatic heterocycles. The van der Waals surface area contributed by atoms with Crippen LogP contribution in [-0.4, -0.2) is 30.1 Å². The van der Waals surface area contributed by atoms with E-state index in [-0.39, 0.29) is 9.76 Å². The third-order valence-corrected chi connectivity index (χ3v) is 2.43. The summed E-state index contributed by atoms with van der Waals surface area (Å²) in [6.07, 6.45) is 1.13. The molecule has 0 spiro atoms. The van der Waals surface area contributed by atoms with Crippen LogP contribution in [0.5, 0.6) is 0 Å². The minimum atomic E-state index is -0.228. The summed E-state index contributed by atoms with van der Waals surface area (Å²) >= 11 is 0. The second-order valence-electron chi connectivity index (χ2n) is 2.71. The Morgan fingerprint density at radius 1 is 1.55 bits per heavy atom. The average Bonchev–Trinajstić information content (AvgIpc) is 1.96. The van der Waals surface area contributed by atoms with E-state index in [4.69, 9.17) is 9.16 Å². The van der Waals surface area contributed by atoms with Crippen molar-refractivity contribution < 1.29 is 9.16 Å². The first-order chi connectivity index (χ1) is 5.27. The first-order valence-electron chi connectivity index (χ1n) is 3.98. The van der Waals surface area contributed by atoms with Gasteiger partial charge in [0, 0.05) is 13.7 Å². The molecule has 0 N–H and O–H groups in total. The van der Waals surface area contributed by atoms with Crippen LogP contribution in [0.25, 0.3) is 0 Å². The monoisotopic (exact) mass is 174 g/mol. The van der Waals surface area contributed by atoms with Crippen LogP contribution in [-0.2, 0) is 9.16 Å². The van der Waals surface area contributed by atoms with Gasteiger partial charge in [-0.05, 0) is 19.4 Å². The van der Waals surface area contributed by atoms with E-state index < -0.39 is 0 Å². The van der Waals surface area contributed by atoms with Gasteiger partial charge in [0.2, 0.25) is 0 Å². The van der Waals surface area contributed by atoms with Gasteiger partial charge in [0.1, 0.15) is 0 Å². The van der Waals surface area contributed by atoms with E-state index in [2.05, 4.69) is 6.58 Å². The molecule has 0 aromatic heterocycles. The summed E-state index contributed by atoms with van der Waals surface area (Å²) < 4.78 is 10.3. The van der Waals surface area contributed by atoms with Gasteiger partial charge in [-0.1, -0.05) is 12.2 Å². The van der Waals surface area contributed by atoms with Gasteiger partial charge in [0.05, 0.1) is 6.61 Å². The minimum Gasteiger partial charge on any atom is -0.427 e. The first-order valence-corrected chi connectivity index (χ1v) is 5.56. The molecule has 0 saturated heterocycles. The summed E-state index contributed by atoms with van der Waals surface area (Å²) in [5.74, 6) is 0. The van der Waals surface area contributed by atoms with Gasteiger partial charge in [-0.2, -0.15) is 0 Å². The highest BCUT2D eigenvalue weighted by Crippen LogP contribution is 1.93. The van der Waals surface area contributed by atoms with Crippen molar-refractivity contribution in [3.63, 3.8) is 0 Å². The smallest absolute Gasteiger partial charge is 0.161 e. The summed E-state index contributed by atoms with van der Waals surface area (Å²) in [7, 11) is 1.55. The van der Waals surface area contributed by atoms with Crippen LogP contribution in [0.3, 0.4) is 0 Å². The van der Waals surface area contributed by atoms with Crippen LogP contribution < -0.4 is 0 Å². The Bertz CT molecular complexity index is 104. The molecule has 0 atom stereocenters. The standard InChI is InChI=1S/C8H18O2Si/c1-8(2)7-10-5-4-6-11-9-3/h1,4-7,11H2,2-3H3. The van der Waals surface area contributed by atoms with Crippen LogP contribution in [0.15, 0.2) is 12.2 Å². The molecule has 0 radical (unpaired) electrons. The van der Waals surface area contributed by atoms with Crippen molar-refractivity contribution in [3.05, 3.63) is 12.2 Å². The topological polar surface area (TPSA) is 18.5 Å². The molecule has 0 aliphatic carbocycles. The van der Waals surface area contributed by atoms with E-state index in [1.54, 1.807) is 7.11 Å². The Balaban J connectivity index is 2.85. The lowest BCUT2D eigenvalue weighted by molar-refractivity contribution is 0.156. The molecule has 0 aliphatic rings. The number of hydrogen-bond acceptors (Lipinski definition) is 2. The molecule has 0 unspecified atom stereocenters. The zero-order valence-electron chi connectivity index (χ0n) is 7.56. The van der Waals surface area contributed by atoms with Crippen molar-refractivity contribution in [1.82, 2.24) is 0 Å². The van der Waals surface area contributed by atoms with Crippen LogP contribution in [0.2, 0.25) is 6.04 Å². The second-order valence-corrected chi connectivity index (χ2v) is 4.40. The number of rotatable bonds is 7. The molecule has 0 rings (SSSR count). The molecule has 0 aromatic carbocycles. The molecule has 0 saturated carbocycles. The predicted octanol–water partition coefficient (Wildman–Crippen LogP) is 1.12. The van der Waals surface area contributed by atoms with Crippen LogP contribution in [0, 0.1) is 0 Å². The molecular formula is C8H18O2Si. The predicted molar refractivity (Wildman–Crippen MR) is 50.6 cm³/mol. The molecule has 66 valence electrons. The van der Waals surface area contributed by atoms with Gasteiger partial charge in [0.25, 0.3) is 0 Å². The summed E-state index contributed by atoms with van der Waals surface area (Å²) in [6.45, 7) is 7.28. The lowest BCUT2D eigenvalue weighted by Gasteiger charge is -2.02. The second kappa shape index (κ2) is 7.98. The zero-order chi connectivity index (χ0) is 8.53. The van der Waals surface area contributed by atoms with Gasteiger partial charge >= 0.3 is 0 Å². The third kappa shape index (κ3) is 9.88. The summed E-state index contributed by atoms with van der Waals surface area (Å²) in [6, 6.07) is 1.21. The average molecular weight is 174 g/mol. The molecule has 0 bridgehead atoms. The van der Waals surface area contributed by atoms with Gasteiger partial charge in [0.15, 0.2) is 9.76 Å². The Hall–Kier alpha value is -0.123. The number of hydrogen-bond donors (Lipinski definition) is 0. The molecule has 2 nitrogen and oxygen atoms in total. The van der Waals surface area contributed by atoms with Gasteiger partial charge in [-0.15, -0.1) is 0 Å². The molecule has 11 heavy (non-hydrogen) atoms. The molecule has 0 amide bonds. The Morgan fingerprint density at radius 3 is 2.82 bits per heavy atom. The highest BCUT2D eigenvalue weighted by Gasteiger charge is 1.89. The Kier molecular flexibility index (Phi) is 7.89. The fourth-order valence-electron chi connectivity index (χ4n) is 0.697. The molecule has 3 heteroatoms. The van der Waals surface area contributed by atoms with Gasteiger partial charge in [-0.3, -0.25) is 0 Å². The Morgan fingerprint density at radius 2 is 2.27 bits per heavy atom. The SMILES string of the molecule is C=C(C)COCCC[SiH2]OC. The Labute approximate surface area is 71.5 Å². The molecule has 0 aromatic rings. The number of ether oxygens (including phenoxy) is 1. The lowest BCUT2D eigenvalue weighted by atomic mass is 10.4. The normalized spacial score (nSPS) is 11.1. The van der Waals surface area contributed by atoms with Gasteiger partial charge < -0.3 is 9.16 Å². The van der Waals surface area contributed by atoms with E-state index in [1.807, 2.05) is 6.92 Å². The fourth-order valence-corrected chi connectivity index (χ4v) is 1.39. The quantitative estimate of drug-likeness (QED) is 0.327. The van der Waals surface area contributed by atoms with Gasteiger partial charge in [-0.25, -0.2) is 0 Å². The maximum absolute atomic E-state index is 5.31. The van der Waals surface area contributed by atoms with E-state index in [1.165, 1.54) is 6.04 Å². The van der Waals surface area contributed by atoms with Crippen molar-refractivity contribution in [2.45, 2.75) is 19.4 Å². The maximum atomic E-state index is 5.31. The van der Waals surface area contributed by atoms with E-state index >= 15 is 0 Å². The summed E-state index contributed by atoms with van der Waals surface area (Å²) in [5, 5.41) is 0. The highest BCUT2D eigenvalue weighted by atomic mass is 28.2. The van der Waals surface area contributed by atoms with E-state index in [0.717, 1.165) is 18.6 Å². The van der Waals surface area contributed by atoms with Crippen molar-refractivity contribution in [2.75, 3.05) is 20.3 Å². The van der Waals surface area contributed by atoms with Crippen molar-refractivity contribution >= 4 is 9.76 Å². The minimum absolute atomic E-state index is 0.228. The van der Waals surface area contributed by atoms with Crippen LogP contribution in [0.1, 0.15) is 13.3 Å². The van der Waals surface area contributed by atoms with Crippen LogP contribution in [0.4, 0.5) is 0 Å². The highest BCUT2D eigenvalue weighted by molar-refractivity contribution is 6.26. The van der Waals surface area contributed by atoms with E-state index in [0.29, 0.717) is 6.61 Å². The van der Waals surface area contributed by atoms with Crippen molar-refractivity contribution in [3.8, 4) is 0 Å². The largest absolute Gasteiger partial charge is 0.427 e. The zero-order valence-corrected chi connectivity index (χ0v) is 8.97. The van der Waals surface area contributed by atoms with E-state index in [9.17, 15) is 0 Å².